The largest absolute Gasteiger partial charge is 0.355 e. The van der Waals surface area contributed by atoms with Gasteiger partial charge in [-0.3, -0.25) is 4.99 Å². The van der Waals surface area contributed by atoms with Crippen LogP contribution in [0.25, 0.3) is 0 Å². The third-order valence-corrected chi connectivity index (χ3v) is 3.24. The van der Waals surface area contributed by atoms with Crippen LogP contribution in [0.1, 0.15) is 38.8 Å². The molecule has 4 nitrogen and oxygen atoms in total. The molecule has 0 aromatic heterocycles. The molecule has 0 amide bonds. The second-order valence-corrected chi connectivity index (χ2v) is 6.15. The fourth-order valence-electron chi connectivity index (χ4n) is 2.09. The van der Waals surface area contributed by atoms with Gasteiger partial charge in [0.05, 0.1) is 0 Å². The summed E-state index contributed by atoms with van der Waals surface area (Å²) in [5, 5.41) is 10.1. The highest BCUT2D eigenvalue weighted by Gasteiger charge is 2.07. The summed E-state index contributed by atoms with van der Waals surface area (Å²) in [5.74, 6) is 0.844. The first-order valence-corrected chi connectivity index (χ1v) is 7.72. The number of hydrogen-bond donors (Lipinski definition) is 3. The summed E-state index contributed by atoms with van der Waals surface area (Å²) >= 11 is 0. The molecular formula is C17H31IN4. The van der Waals surface area contributed by atoms with E-state index in [1.54, 1.807) is 7.05 Å². The molecular weight excluding hydrogens is 387 g/mol. The molecule has 5 heteroatoms. The number of aryl methyl sites for hydroxylation is 1. The molecule has 0 aliphatic rings. The Bertz CT molecular complexity index is 452. The third kappa shape index (κ3) is 8.58. The molecule has 0 radical (unpaired) electrons. The van der Waals surface area contributed by atoms with Crippen LogP contribution in [0.2, 0.25) is 0 Å². The Morgan fingerprint density at radius 1 is 1.05 bits per heavy atom. The average molecular weight is 418 g/mol. The molecule has 0 atom stereocenters. The van der Waals surface area contributed by atoms with E-state index < -0.39 is 0 Å². The Kier molecular flexibility index (Phi) is 10.4. The van der Waals surface area contributed by atoms with Crippen LogP contribution in [0.4, 0.5) is 0 Å². The first kappa shape index (κ1) is 21.2. The van der Waals surface area contributed by atoms with Crippen LogP contribution in [0.5, 0.6) is 0 Å². The molecule has 3 N–H and O–H groups in total. The maximum atomic E-state index is 4.26. The molecule has 1 aromatic rings. The molecule has 22 heavy (non-hydrogen) atoms. The highest BCUT2D eigenvalue weighted by molar-refractivity contribution is 14.0. The van der Waals surface area contributed by atoms with E-state index in [0.29, 0.717) is 0 Å². The lowest BCUT2D eigenvalue weighted by Crippen LogP contribution is -2.44. The summed E-state index contributed by atoms with van der Waals surface area (Å²) in [6.07, 6.45) is 1.05. The zero-order valence-corrected chi connectivity index (χ0v) is 16.8. The quantitative estimate of drug-likeness (QED) is 0.288. The van der Waals surface area contributed by atoms with E-state index in [0.717, 1.165) is 32.0 Å². The number of aliphatic imine (C=N–C) groups is 1. The zero-order valence-electron chi connectivity index (χ0n) is 14.5. The zero-order chi connectivity index (χ0) is 15.7. The molecule has 0 saturated carbocycles. The maximum absolute atomic E-state index is 4.26. The number of guanidine groups is 1. The van der Waals surface area contributed by atoms with Crippen molar-refractivity contribution in [2.24, 2.45) is 4.99 Å². The summed E-state index contributed by atoms with van der Waals surface area (Å²) in [4.78, 5) is 4.26. The number of hydrogen-bond acceptors (Lipinski definition) is 2. The molecule has 0 spiro atoms. The second kappa shape index (κ2) is 10.8. The average Bonchev–Trinajstić information content (AvgIpc) is 2.45. The second-order valence-electron chi connectivity index (χ2n) is 6.15. The molecule has 0 bridgehead atoms. The summed E-state index contributed by atoms with van der Waals surface area (Å²) in [5.41, 5.74) is 2.87. The van der Waals surface area contributed by atoms with E-state index in [1.807, 2.05) is 0 Å². The van der Waals surface area contributed by atoms with Gasteiger partial charge in [-0.25, -0.2) is 0 Å². The Labute approximate surface area is 152 Å². The molecule has 0 aliphatic carbocycles. The summed E-state index contributed by atoms with van der Waals surface area (Å²) in [6, 6.07) is 8.52. The van der Waals surface area contributed by atoms with Crippen molar-refractivity contribution in [1.29, 1.82) is 0 Å². The van der Waals surface area contributed by atoms with E-state index >= 15 is 0 Å². The van der Waals surface area contributed by atoms with Crippen LogP contribution in [0.3, 0.4) is 0 Å². The van der Waals surface area contributed by atoms with Crippen LogP contribution in [-0.2, 0) is 13.0 Å². The lowest BCUT2D eigenvalue weighted by Gasteiger charge is -2.21. The Hall–Kier alpha value is -0.820. The topological polar surface area (TPSA) is 48.5 Å². The van der Waals surface area contributed by atoms with Crippen molar-refractivity contribution in [1.82, 2.24) is 16.0 Å². The molecule has 0 unspecified atom stereocenters. The predicted molar refractivity (Wildman–Crippen MR) is 107 cm³/mol. The van der Waals surface area contributed by atoms with Gasteiger partial charge in [-0.1, -0.05) is 31.2 Å². The van der Waals surface area contributed by atoms with Gasteiger partial charge in [-0.05, 0) is 38.3 Å². The number of benzene rings is 1. The third-order valence-electron chi connectivity index (χ3n) is 3.24. The van der Waals surface area contributed by atoms with Gasteiger partial charge in [-0.2, -0.15) is 0 Å². The van der Waals surface area contributed by atoms with Gasteiger partial charge in [0.25, 0.3) is 0 Å². The minimum absolute atomic E-state index is 0. The minimum atomic E-state index is 0. The summed E-state index contributed by atoms with van der Waals surface area (Å²) in [6.45, 7) is 11.3. The SMILES string of the molecule is CCc1ccccc1CNC(=NC)NCCNC(C)(C)C.I. The molecule has 0 fully saturated rings. The minimum Gasteiger partial charge on any atom is -0.355 e. The van der Waals surface area contributed by atoms with Gasteiger partial charge >= 0.3 is 0 Å². The normalized spacial score (nSPS) is 11.8. The molecule has 1 rings (SSSR count). The van der Waals surface area contributed by atoms with E-state index in [4.69, 9.17) is 0 Å². The molecule has 126 valence electrons. The fourth-order valence-corrected chi connectivity index (χ4v) is 2.09. The number of nitrogens with zero attached hydrogens (tertiary/aromatic N) is 1. The monoisotopic (exact) mass is 418 g/mol. The maximum Gasteiger partial charge on any atom is 0.191 e. The molecule has 1 aromatic carbocycles. The molecule has 0 saturated heterocycles. The van der Waals surface area contributed by atoms with Crippen molar-refractivity contribution in [3.8, 4) is 0 Å². The first-order valence-electron chi connectivity index (χ1n) is 7.72. The Morgan fingerprint density at radius 3 is 2.23 bits per heavy atom. The van der Waals surface area contributed by atoms with Gasteiger partial charge in [0.2, 0.25) is 0 Å². The van der Waals surface area contributed by atoms with Crippen molar-refractivity contribution in [3.05, 3.63) is 35.4 Å². The van der Waals surface area contributed by atoms with Crippen molar-refractivity contribution in [2.45, 2.75) is 46.2 Å². The van der Waals surface area contributed by atoms with Gasteiger partial charge < -0.3 is 16.0 Å². The summed E-state index contributed by atoms with van der Waals surface area (Å²) in [7, 11) is 1.80. The van der Waals surface area contributed by atoms with Crippen molar-refractivity contribution < 1.29 is 0 Å². The molecule has 0 aliphatic heterocycles. The standard InChI is InChI=1S/C17H30N4.HI/c1-6-14-9-7-8-10-15(14)13-20-16(18-5)19-11-12-21-17(2,3)4;/h7-10,21H,6,11-13H2,1-5H3,(H2,18,19,20);1H. The highest BCUT2D eigenvalue weighted by atomic mass is 127. The van der Waals surface area contributed by atoms with E-state index in [-0.39, 0.29) is 29.5 Å². The predicted octanol–water partition coefficient (Wildman–Crippen LogP) is 2.92. The highest BCUT2D eigenvalue weighted by Crippen LogP contribution is 2.08. The number of nitrogens with one attached hydrogen (secondary N) is 3. The lowest BCUT2D eigenvalue weighted by molar-refractivity contribution is 0.428. The number of rotatable bonds is 6. The number of halogens is 1. The van der Waals surface area contributed by atoms with Gasteiger partial charge in [0.1, 0.15) is 0 Å². The fraction of sp³-hybridized carbons (Fsp3) is 0.588. The Morgan fingerprint density at radius 2 is 1.68 bits per heavy atom. The molecule has 0 heterocycles. The van der Waals surface area contributed by atoms with E-state index in [9.17, 15) is 0 Å². The van der Waals surface area contributed by atoms with Crippen molar-refractivity contribution in [3.63, 3.8) is 0 Å². The van der Waals surface area contributed by atoms with Gasteiger partial charge in [0, 0.05) is 32.2 Å². The van der Waals surface area contributed by atoms with Gasteiger partial charge in [0.15, 0.2) is 5.96 Å². The summed E-state index contributed by atoms with van der Waals surface area (Å²) < 4.78 is 0. The van der Waals surface area contributed by atoms with Gasteiger partial charge in [-0.15, -0.1) is 24.0 Å². The van der Waals surface area contributed by atoms with E-state index in [1.165, 1.54) is 11.1 Å². The van der Waals surface area contributed by atoms with Crippen LogP contribution in [0.15, 0.2) is 29.3 Å². The smallest absolute Gasteiger partial charge is 0.191 e. The Balaban J connectivity index is 0.00000441. The van der Waals surface area contributed by atoms with Crippen molar-refractivity contribution >= 4 is 29.9 Å². The van der Waals surface area contributed by atoms with E-state index in [2.05, 4.69) is 72.9 Å². The van der Waals surface area contributed by atoms with Crippen LogP contribution >= 0.6 is 24.0 Å². The van der Waals surface area contributed by atoms with Crippen LogP contribution in [-0.4, -0.2) is 31.6 Å². The first-order chi connectivity index (χ1) is 9.96. The van der Waals surface area contributed by atoms with Crippen LogP contribution < -0.4 is 16.0 Å². The lowest BCUT2D eigenvalue weighted by atomic mass is 10.1. The van der Waals surface area contributed by atoms with Crippen LogP contribution in [0, 0.1) is 0 Å². The van der Waals surface area contributed by atoms with Crippen molar-refractivity contribution in [2.75, 3.05) is 20.1 Å².